The minimum Gasteiger partial charge on any atom is -0.312 e. The van der Waals surface area contributed by atoms with Crippen LogP contribution in [0.2, 0.25) is 0 Å². The zero-order chi connectivity index (χ0) is 6.97. The summed E-state index contributed by atoms with van der Waals surface area (Å²) in [7, 11) is 0. The predicted octanol–water partition coefficient (Wildman–Crippen LogP) is 1.41. The minimum atomic E-state index is 0.750. The molecule has 0 aliphatic carbocycles. The van der Waals surface area contributed by atoms with Crippen LogP contribution in [-0.2, 0) is 6.42 Å². The first-order valence-electron chi connectivity index (χ1n) is 3.18. The van der Waals surface area contributed by atoms with E-state index in [1.807, 2.05) is 29.0 Å². The van der Waals surface area contributed by atoms with Crippen molar-refractivity contribution in [3.05, 3.63) is 30.1 Å². The molecule has 2 heteroatoms. The van der Waals surface area contributed by atoms with Crippen LogP contribution >= 0.6 is 0 Å². The van der Waals surface area contributed by atoms with E-state index in [2.05, 4.69) is 6.07 Å². The predicted molar refractivity (Wildman–Crippen MR) is 38.0 cm³/mol. The van der Waals surface area contributed by atoms with E-state index in [9.17, 15) is 0 Å². The van der Waals surface area contributed by atoms with Crippen LogP contribution in [0, 0.1) is 11.3 Å². The van der Waals surface area contributed by atoms with E-state index >= 15 is 0 Å². The first-order chi connectivity index (χ1) is 4.92. The maximum atomic E-state index is 8.59. The van der Waals surface area contributed by atoms with Gasteiger partial charge in [0.05, 0.1) is 0 Å². The van der Waals surface area contributed by atoms with Gasteiger partial charge in [-0.3, -0.25) is 0 Å². The number of allylic oxidation sites excluding steroid dienone is 2. The van der Waals surface area contributed by atoms with Gasteiger partial charge in [0.25, 0.3) is 0 Å². The molecule has 2 rings (SSSR count). The molecule has 0 bridgehead atoms. The molecule has 0 radical (unpaired) electrons. The summed E-state index contributed by atoms with van der Waals surface area (Å²) in [5, 5.41) is 8.59. The van der Waals surface area contributed by atoms with Crippen molar-refractivity contribution in [2.75, 3.05) is 0 Å². The summed E-state index contributed by atoms with van der Waals surface area (Å²) in [4.78, 5) is 0. The summed E-state index contributed by atoms with van der Waals surface area (Å²) < 4.78 is 1.92. The topological polar surface area (TPSA) is 28.7 Å². The van der Waals surface area contributed by atoms with Crippen LogP contribution in [0.1, 0.15) is 5.69 Å². The van der Waals surface area contributed by atoms with Gasteiger partial charge in [0.15, 0.2) is 0 Å². The van der Waals surface area contributed by atoms with Gasteiger partial charge in [0.2, 0.25) is 0 Å². The molecule has 1 aromatic heterocycles. The first kappa shape index (κ1) is 5.31. The SMILES string of the molecule is N#CC1=CCc2cccn21. The second kappa shape index (κ2) is 1.74. The van der Waals surface area contributed by atoms with Gasteiger partial charge in [-0.25, -0.2) is 0 Å². The summed E-state index contributed by atoms with van der Waals surface area (Å²) in [6, 6.07) is 6.12. The Morgan fingerprint density at radius 3 is 3.30 bits per heavy atom. The average molecular weight is 130 g/mol. The van der Waals surface area contributed by atoms with Crippen molar-refractivity contribution in [3.63, 3.8) is 0 Å². The van der Waals surface area contributed by atoms with E-state index in [4.69, 9.17) is 5.26 Å². The van der Waals surface area contributed by atoms with Crippen molar-refractivity contribution in [2.45, 2.75) is 6.42 Å². The molecule has 0 aromatic carbocycles. The number of hydrogen-bond donors (Lipinski definition) is 0. The molecule has 0 amide bonds. The summed E-state index contributed by atoms with van der Waals surface area (Å²) in [5.74, 6) is 0. The maximum absolute atomic E-state index is 8.59. The molecule has 2 heterocycles. The van der Waals surface area contributed by atoms with Crippen LogP contribution in [0.3, 0.4) is 0 Å². The summed E-state index contributed by atoms with van der Waals surface area (Å²) in [6.45, 7) is 0. The minimum absolute atomic E-state index is 0.750. The third-order valence-corrected chi connectivity index (χ3v) is 1.71. The molecule has 0 fully saturated rings. The summed E-state index contributed by atoms with van der Waals surface area (Å²) in [6.07, 6.45) is 4.75. The molecule has 0 atom stereocenters. The number of fused-ring (bicyclic) bond motifs is 1. The Balaban J connectivity index is 2.58. The van der Waals surface area contributed by atoms with Crippen LogP contribution in [0.15, 0.2) is 24.4 Å². The van der Waals surface area contributed by atoms with Gasteiger partial charge in [-0.2, -0.15) is 5.26 Å². The van der Waals surface area contributed by atoms with Crippen LogP contribution in [0.5, 0.6) is 0 Å². The molecule has 1 aliphatic heterocycles. The lowest BCUT2D eigenvalue weighted by molar-refractivity contribution is 1.07. The molecule has 1 aliphatic rings. The highest BCUT2D eigenvalue weighted by atomic mass is 15.0. The van der Waals surface area contributed by atoms with Gasteiger partial charge in [-0.1, -0.05) is 0 Å². The number of nitriles is 1. The van der Waals surface area contributed by atoms with E-state index in [1.54, 1.807) is 0 Å². The Labute approximate surface area is 59.0 Å². The average Bonchev–Trinajstić information content (AvgIpc) is 2.44. The normalized spacial score (nSPS) is 14.1. The molecule has 2 nitrogen and oxygen atoms in total. The fourth-order valence-corrected chi connectivity index (χ4v) is 1.22. The Morgan fingerprint density at radius 1 is 1.60 bits per heavy atom. The molecule has 48 valence electrons. The van der Waals surface area contributed by atoms with Crippen molar-refractivity contribution in [2.24, 2.45) is 0 Å². The fourth-order valence-electron chi connectivity index (χ4n) is 1.22. The molecule has 0 N–H and O–H groups in total. The quantitative estimate of drug-likeness (QED) is 0.522. The van der Waals surface area contributed by atoms with Gasteiger partial charge in [0, 0.05) is 18.3 Å². The maximum Gasteiger partial charge on any atom is 0.120 e. The van der Waals surface area contributed by atoms with E-state index in [-0.39, 0.29) is 0 Å². The van der Waals surface area contributed by atoms with Crippen molar-refractivity contribution in [3.8, 4) is 6.07 Å². The van der Waals surface area contributed by atoms with Crippen LogP contribution in [0.4, 0.5) is 0 Å². The molecule has 0 unspecified atom stereocenters. The lowest BCUT2D eigenvalue weighted by Gasteiger charge is -1.94. The molecule has 1 aromatic rings. The highest BCUT2D eigenvalue weighted by Crippen LogP contribution is 2.18. The molecule has 0 saturated heterocycles. The van der Waals surface area contributed by atoms with Crippen molar-refractivity contribution >= 4 is 5.70 Å². The van der Waals surface area contributed by atoms with E-state index in [1.165, 1.54) is 5.69 Å². The second-order valence-corrected chi connectivity index (χ2v) is 2.27. The van der Waals surface area contributed by atoms with Crippen LogP contribution in [0.25, 0.3) is 5.70 Å². The highest BCUT2D eigenvalue weighted by molar-refractivity contribution is 5.64. The Bertz CT molecular complexity index is 325. The van der Waals surface area contributed by atoms with Crippen LogP contribution in [-0.4, -0.2) is 4.57 Å². The van der Waals surface area contributed by atoms with Crippen molar-refractivity contribution in [1.29, 1.82) is 5.26 Å². The van der Waals surface area contributed by atoms with Gasteiger partial charge in [0.1, 0.15) is 11.8 Å². The number of rotatable bonds is 0. The van der Waals surface area contributed by atoms with Gasteiger partial charge in [-0.05, 0) is 18.2 Å². The van der Waals surface area contributed by atoms with Crippen LogP contribution < -0.4 is 0 Å². The number of aromatic nitrogens is 1. The number of hydrogen-bond acceptors (Lipinski definition) is 1. The monoisotopic (exact) mass is 130 g/mol. The van der Waals surface area contributed by atoms with E-state index in [0.717, 1.165) is 12.1 Å². The Morgan fingerprint density at radius 2 is 2.50 bits per heavy atom. The Kier molecular flexibility index (Phi) is 0.925. The highest BCUT2D eigenvalue weighted by Gasteiger charge is 2.09. The first-order valence-corrected chi connectivity index (χ1v) is 3.18. The van der Waals surface area contributed by atoms with Crippen molar-refractivity contribution in [1.82, 2.24) is 4.57 Å². The Hall–Kier alpha value is -1.49. The number of nitrogens with zero attached hydrogens (tertiary/aromatic N) is 2. The summed E-state index contributed by atoms with van der Waals surface area (Å²) in [5.41, 5.74) is 1.96. The fraction of sp³-hybridized carbons (Fsp3) is 0.125. The molecular weight excluding hydrogens is 124 g/mol. The largest absolute Gasteiger partial charge is 0.312 e. The molecule has 0 saturated carbocycles. The van der Waals surface area contributed by atoms with Gasteiger partial charge >= 0.3 is 0 Å². The smallest absolute Gasteiger partial charge is 0.120 e. The lowest BCUT2D eigenvalue weighted by atomic mass is 10.3. The van der Waals surface area contributed by atoms with Crippen molar-refractivity contribution < 1.29 is 0 Å². The van der Waals surface area contributed by atoms with Gasteiger partial charge in [-0.15, -0.1) is 0 Å². The molecule has 10 heavy (non-hydrogen) atoms. The third-order valence-electron chi connectivity index (χ3n) is 1.71. The molecule has 0 spiro atoms. The van der Waals surface area contributed by atoms with E-state index in [0.29, 0.717) is 0 Å². The second-order valence-electron chi connectivity index (χ2n) is 2.27. The lowest BCUT2D eigenvalue weighted by Crippen LogP contribution is -1.88. The van der Waals surface area contributed by atoms with E-state index < -0.39 is 0 Å². The summed E-state index contributed by atoms with van der Waals surface area (Å²) >= 11 is 0. The van der Waals surface area contributed by atoms with Gasteiger partial charge < -0.3 is 4.57 Å². The third kappa shape index (κ3) is 0.519. The molecular formula is C8H6N2. The zero-order valence-corrected chi connectivity index (χ0v) is 5.41. The standard InChI is InChI=1S/C8H6N2/c9-6-8-4-3-7-2-1-5-10(7)8/h1-2,4-5H,3H2. The zero-order valence-electron chi connectivity index (χ0n) is 5.41.